The maximum atomic E-state index is 12.1. The SMILES string of the molecule is C[C@@H](NC(=O)COc1ccc(/C=N\NC(=O)C(=O)NCc2ccccn2)cc1)c1ccccc1. The van der Waals surface area contributed by atoms with Gasteiger partial charge < -0.3 is 15.4 Å². The number of nitrogens with zero attached hydrogens (tertiary/aromatic N) is 2. The summed E-state index contributed by atoms with van der Waals surface area (Å²) in [6.45, 7) is 1.93. The molecule has 0 radical (unpaired) electrons. The van der Waals surface area contributed by atoms with Crippen LogP contribution >= 0.6 is 0 Å². The molecular formula is C25H25N5O4. The summed E-state index contributed by atoms with van der Waals surface area (Å²) in [6, 6.07) is 21.6. The van der Waals surface area contributed by atoms with Crippen molar-refractivity contribution in [2.24, 2.45) is 5.10 Å². The highest BCUT2D eigenvalue weighted by atomic mass is 16.5. The molecular weight excluding hydrogens is 434 g/mol. The Morgan fingerprint density at radius 1 is 0.971 bits per heavy atom. The van der Waals surface area contributed by atoms with Crippen LogP contribution in [0, 0.1) is 0 Å². The number of hydrogen-bond donors (Lipinski definition) is 3. The van der Waals surface area contributed by atoms with Crippen molar-refractivity contribution in [3.63, 3.8) is 0 Å². The molecule has 174 valence electrons. The summed E-state index contributed by atoms with van der Waals surface area (Å²) in [5, 5.41) is 9.12. The molecule has 2 aromatic carbocycles. The lowest BCUT2D eigenvalue weighted by Gasteiger charge is -2.14. The van der Waals surface area contributed by atoms with Gasteiger partial charge in [0.15, 0.2) is 6.61 Å². The summed E-state index contributed by atoms with van der Waals surface area (Å²) in [5.74, 6) is -1.42. The molecule has 3 aromatic rings. The predicted octanol–water partition coefficient (Wildman–Crippen LogP) is 2.10. The van der Waals surface area contributed by atoms with Gasteiger partial charge in [-0.25, -0.2) is 5.43 Å². The monoisotopic (exact) mass is 459 g/mol. The molecule has 0 fully saturated rings. The number of nitrogens with one attached hydrogen (secondary N) is 3. The highest BCUT2D eigenvalue weighted by molar-refractivity contribution is 6.35. The summed E-state index contributed by atoms with van der Waals surface area (Å²) >= 11 is 0. The molecule has 0 unspecified atom stereocenters. The number of hydrogen-bond acceptors (Lipinski definition) is 6. The Hall–Kier alpha value is -4.53. The van der Waals surface area contributed by atoms with Crippen LogP contribution in [0.15, 0.2) is 84.1 Å². The lowest BCUT2D eigenvalue weighted by atomic mass is 10.1. The third-order valence-electron chi connectivity index (χ3n) is 4.67. The normalized spacial score (nSPS) is 11.4. The predicted molar refractivity (Wildman–Crippen MR) is 127 cm³/mol. The van der Waals surface area contributed by atoms with E-state index in [1.54, 1.807) is 48.7 Å². The number of pyridine rings is 1. The summed E-state index contributed by atoms with van der Waals surface area (Å²) in [4.78, 5) is 39.8. The maximum absolute atomic E-state index is 12.1. The van der Waals surface area contributed by atoms with E-state index in [2.05, 4.69) is 26.1 Å². The molecule has 0 aliphatic carbocycles. The van der Waals surface area contributed by atoms with Gasteiger partial charge in [0.05, 0.1) is 24.5 Å². The number of carbonyl (C=O) groups excluding carboxylic acids is 3. The van der Waals surface area contributed by atoms with Crippen LogP contribution in [0.4, 0.5) is 0 Å². The Kier molecular flexibility index (Phi) is 8.86. The van der Waals surface area contributed by atoms with Crippen LogP contribution in [0.3, 0.4) is 0 Å². The molecule has 0 saturated carbocycles. The Morgan fingerprint density at radius 2 is 1.71 bits per heavy atom. The van der Waals surface area contributed by atoms with Crippen molar-refractivity contribution < 1.29 is 19.1 Å². The zero-order valence-electron chi connectivity index (χ0n) is 18.6. The lowest BCUT2D eigenvalue weighted by Crippen LogP contribution is -2.37. The molecule has 3 N–H and O–H groups in total. The van der Waals surface area contributed by atoms with Gasteiger partial charge in [-0.3, -0.25) is 19.4 Å². The minimum absolute atomic E-state index is 0.117. The summed E-state index contributed by atoms with van der Waals surface area (Å²) < 4.78 is 5.51. The van der Waals surface area contributed by atoms with Crippen molar-refractivity contribution in [2.75, 3.05) is 6.61 Å². The first-order valence-corrected chi connectivity index (χ1v) is 10.6. The molecule has 1 aromatic heterocycles. The first-order valence-electron chi connectivity index (χ1n) is 10.6. The fourth-order valence-corrected chi connectivity index (χ4v) is 2.88. The van der Waals surface area contributed by atoms with Gasteiger partial charge in [-0.2, -0.15) is 5.10 Å². The van der Waals surface area contributed by atoms with Gasteiger partial charge in [0.1, 0.15) is 5.75 Å². The molecule has 9 heteroatoms. The van der Waals surface area contributed by atoms with Crippen molar-refractivity contribution in [2.45, 2.75) is 19.5 Å². The third kappa shape index (κ3) is 7.86. The average Bonchev–Trinajstić information content (AvgIpc) is 2.87. The first kappa shape index (κ1) is 24.1. The van der Waals surface area contributed by atoms with Crippen LogP contribution in [-0.4, -0.2) is 35.5 Å². The summed E-state index contributed by atoms with van der Waals surface area (Å²) in [5.41, 5.74) is 4.49. The Bertz CT molecular complexity index is 1120. The smallest absolute Gasteiger partial charge is 0.329 e. The molecule has 0 aliphatic rings. The van der Waals surface area contributed by atoms with Gasteiger partial charge >= 0.3 is 11.8 Å². The molecule has 1 heterocycles. The van der Waals surface area contributed by atoms with E-state index in [1.807, 2.05) is 37.3 Å². The van der Waals surface area contributed by atoms with Crippen LogP contribution in [0.1, 0.15) is 29.8 Å². The van der Waals surface area contributed by atoms with E-state index in [-0.39, 0.29) is 25.1 Å². The van der Waals surface area contributed by atoms with Gasteiger partial charge in [-0.1, -0.05) is 36.4 Å². The van der Waals surface area contributed by atoms with Gasteiger partial charge in [0.2, 0.25) is 0 Å². The molecule has 0 spiro atoms. The van der Waals surface area contributed by atoms with E-state index in [9.17, 15) is 14.4 Å². The number of rotatable bonds is 9. The number of aromatic nitrogens is 1. The fraction of sp³-hybridized carbons (Fsp3) is 0.160. The van der Waals surface area contributed by atoms with E-state index >= 15 is 0 Å². The van der Waals surface area contributed by atoms with Crippen LogP contribution < -0.4 is 20.8 Å². The molecule has 0 aliphatic heterocycles. The quantitative estimate of drug-likeness (QED) is 0.257. The molecule has 34 heavy (non-hydrogen) atoms. The van der Waals surface area contributed by atoms with Crippen LogP contribution in [0.5, 0.6) is 5.75 Å². The maximum Gasteiger partial charge on any atom is 0.329 e. The van der Waals surface area contributed by atoms with E-state index in [1.165, 1.54) is 6.21 Å². The first-order chi connectivity index (χ1) is 16.5. The zero-order chi connectivity index (χ0) is 24.2. The minimum Gasteiger partial charge on any atom is -0.484 e. The topological polar surface area (TPSA) is 122 Å². The number of benzene rings is 2. The van der Waals surface area contributed by atoms with Crippen LogP contribution in [0.25, 0.3) is 0 Å². The molecule has 1 atom stereocenters. The molecule has 3 rings (SSSR count). The van der Waals surface area contributed by atoms with Crippen molar-refractivity contribution in [1.29, 1.82) is 0 Å². The van der Waals surface area contributed by atoms with E-state index < -0.39 is 11.8 Å². The highest BCUT2D eigenvalue weighted by Gasteiger charge is 2.12. The molecule has 0 bridgehead atoms. The Labute approximate surface area is 197 Å². The Morgan fingerprint density at radius 3 is 2.41 bits per heavy atom. The second-order valence-electron chi connectivity index (χ2n) is 7.26. The van der Waals surface area contributed by atoms with E-state index in [0.717, 1.165) is 5.56 Å². The van der Waals surface area contributed by atoms with E-state index in [4.69, 9.17) is 4.74 Å². The van der Waals surface area contributed by atoms with Gasteiger partial charge in [0, 0.05) is 6.20 Å². The second kappa shape index (κ2) is 12.5. The minimum atomic E-state index is -0.886. The van der Waals surface area contributed by atoms with Crippen molar-refractivity contribution in [3.05, 3.63) is 95.8 Å². The van der Waals surface area contributed by atoms with Crippen molar-refractivity contribution in [3.8, 4) is 5.75 Å². The molecule has 3 amide bonds. The van der Waals surface area contributed by atoms with E-state index in [0.29, 0.717) is 17.0 Å². The zero-order valence-corrected chi connectivity index (χ0v) is 18.6. The van der Waals surface area contributed by atoms with Gasteiger partial charge in [0.25, 0.3) is 5.91 Å². The number of amides is 3. The largest absolute Gasteiger partial charge is 0.484 e. The summed E-state index contributed by atoms with van der Waals surface area (Å²) in [7, 11) is 0. The lowest BCUT2D eigenvalue weighted by molar-refractivity contribution is -0.139. The molecule has 9 nitrogen and oxygen atoms in total. The second-order valence-corrected chi connectivity index (χ2v) is 7.26. The standard InChI is InChI=1S/C25H25N5O4/c1-18(20-7-3-2-4-8-20)29-23(31)17-34-22-12-10-19(11-13-22)15-28-30-25(33)24(32)27-16-21-9-5-6-14-26-21/h2-15,18H,16-17H2,1H3,(H,27,32)(H,29,31)(H,30,33)/b28-15-/t18-/m1/s1. The molecule has 0 saturated heterocycles. The van der Waals surface area contributed by atoms with Crippen LogP contribution in [-0.2, 0) is 20.9 Å². The number of hydrazone groups is 1. The Balaban J connectivity index is 1.38. The van der Waals surface area contributed by atoms with Crippen LogP contribution in [0.2, 0.25) is 0 Å². The summed E-state index contributed by atoms with van der Waals surface area (Å²) in [6.07, 6.45) is 2.99. The average molecular weight is 460 g/mol. The van der Waals surface area contributed by atoms with Gasteiger partial charge in [-0.05, 0) is 54.4 Å². The number of carbonyl (C=O) groups is 3. The van der Waals surface area contributed by atoms with Crippen molar-refractivity contribution in [1.82, 2.24) is 21.0 Å². The highest BCUT2D eigenvalue weighted by Crippen LogP contribution is 2.13. The van der Waals surface area contributed by atoms with Crippen molar-refractivity contribution >= 4 is 23.9 Å². The number of ether oxygens (including phenoxy) is 1. The third-order valence-corrected chi connectivity index (χ3v) is 4.67. The van der Waals surface area contributed by atoms with Gasteiger partial charge in [-0.15, -0.1) is 0 Å². The fourth-order valence-electron chi connectivity index (χ4n) is 2.88.